The number of nitrogens with one attached hydrogen (secondary N) is 1. The molecule has 4 rings (SSSR count). The number of aliphatic hydroxyl groups is 2. The highest BCUT2D eigenvalue weighted by molar-refractivity contribution is 5.91. The Morgan fingerprint density at radius 3 is 2.63 bits per heavy atom. The van der Waals surface area contributed by atoms with E-state index in [4.69, 9.17) is 28.4 Å². The van der Waals surface area contributed by atoms with E-state index in [0.717, 1.165) is 0 Å². The van der Waals surface area contributed by atoms with Gasteiger partial charge in [0.05, 0.1) is 45.2 Å². The number of anilines is 2. The number of carbonyl (C=O) groups is 1. The van der Waals surface area contributed by atoms with Gasteiger partial charge in [-0.2, -0.15) is 0 Å². The Bertz CT molecular complexity index is 941. The highest BCUT2D eigenvalue weighted by atomic mass is 16.8. The van der Waals surface area contributed by atoms with Gasteiger partial charge in [0, 0.05) is 27.1 Å². The van der Waals surface area contributed by atoms with Crippen LogP contribution in [-0.2, 0) is 23.7 Å². The number of rotatable bonds is 11. The van der Waals surface area contributed by atoms with E-state index >= 15 is 0 Å². The average Bonchev–Trinajstić information content (AvgIpc) is 3.61. The molecule has 5 N–H and O–H groups in total. The molecule has 0 aliphatic carbocycles. The number of fused-ring (bicyclic) bond motifs is 2. The van der Waals surface area contributed by atoms with Crippen molar-refractivity contribution in [2.75, 3.05) is 63.9 Å². The number of phenols is 2. The largest absolute Gasteiger partial charge is 0.504 e. The van der Waals surface area contributed by atoms with Crippen molar-refractivity contribution < 1.29 is 53.6 Å². The summed E-state index contributed by atoms with van der Waals surface area (Å²) in [5.41, 5.74) is -0.0929. The van der Waals surface area contributed by atoms with Gasteiger partial charge >= 0.3 is 5.79 Å². The summed E-state index contributed by atoms with van der Waals surface area (Å²) in [6.07, 6.45) is -2.93. The fraction of sp³-hybridized carbons (Fsp3) is 0.682. The molecule has 0 aromatic heterocycles. The Balaban J connectivity index is 1.46. The van der Waals surface area contributed by atoms with Crippen LogP contribution in [-0.4, -0.2) is 110 Å². The summed E-state index contributed by atoms with van der Waals surface area (Å²) in [6, 6.07) is 0. The topological polar surface area (TPSA) is 172 Å². The first kappa shape index (κ1) is 25.5. The van der Waals surface area contributed by atoms with Crippen LogP contribution < -0.4 is 19.7 Å². The molecule has 1 aromatic rings. The fourth-order valence-electron chi connectivity index (χ4n) is 4.01. The quantitative estimate of drug-likeness (QED) is 0.114. The zero-order chi connectivity index (χ0) is 25.3. The fourth-order valence-corrected chi connectivity index (χ4v) is 4.01. The second-order valence-corrected chi connectivity index (χ2v) is 8.79. The van der Waals surface area contributed by atoms with Gasteiger partial charge in [0.25, 0.3) is 6.29 Å². The second kappa shape index (κ2) is 10.2. The Kier molecular flexibility index (Phi) is 7.45. The number of ether oxygens (including phenoxy) is 6. The Hall–Kier alpha value is -2.55. The van der Waals surface area contributed by atoms with Gasteiger partial charge in [-0.25, -0.2) is 0 Å². The van der Waals surface area contributed by atoms with Crippen LogP contribution >= 0.6 is 0 Å². The van der Waals surface area contributed by atoms with Crippen LogP contribution in [0.1, 0.15) is 13.3 Å². The molecule has 0 amide bonds. The Labute approximate surface area is 202 Å². The molecule has 3 aliphatic heterocycles. The molecule has 2 fully saturated rings. The van der Waals surface area contributed by atoms with Crippen molar-refractivity contribution in [2.45, 2.75) is 43.7 Å². The van der Waals surface area contributed by atoms with Crippen molar-refractivity contribution >= 4 is 17.2 Å². The van der Waals surface area contributed by atoms with E-state index in [1.54, 1.807) is 14.0 Å². The monoisotopic (exact) mass is 500 g/mol. The molecule has 3 aliphatic rings. The standard InChI is InChI=1S/C22H32N2O11/c1-11-6-14(26)22(29)21(33-11)34-20-18(28)16(17(27)15(23-2)19(20)35-22)24(3)7-12(25)8-30-4-5-31-9-13-10-32-13/h11-13,21,23,25,27-29H,4-10H2,1-3H3. The summed E-state index contributed by atoms with van der Waals surface area (Å²) in [5, 5.41) is 45.8. The molecule has 3 heterocycles. The van der Waals surface area contributed by atoms with Crippen LogP contribution in [0.25, 0.3) is 0 Å². The van der Waals surface area contributed by atoms with Gasteiger partial charge in [-0.05, 0) is 6.92 Å². The van der Waals surface area contributed by atoms with Gasteiger partial charge in [0.15, 0.2) is 17.2 Å². The first-order chi connectivity index (χ1) is 16.7. The number of ketones is 1. The first-order valence-electron chi connectivity index (χ1n) is 11.4. The van der Waals surface area contributed by atoms with Crippen LogP contribution in [0.15, 0.2) is 0 Å². The number of benzene rings is 1. The third-order valence-electron chi connectivity index (χ3n) is 5.87. The minimum absolute atomic E-state index is 0.00152. The number of hydrogen-bond acceptors (Lipinski definition) is 13. The summed E-state index contributed by atoms with van der Waals surface area (Å²) >= 11 is 0. The number of carbonyl (C=O) groups excluding carboxylic acids is 1. The van der Waals surface area contributed by atoms with E-state index in [2.05, 4.69) is 5.32 Å². The maximum Gasteiger partial charge on any atom is 0.332 e. The number of phenolic OH excluding ortho intramolecular Hbond substituents is 2. The van der Waals surface area contributed by atoms with Gasteiger partial charge in [-0.1, -0.05) is 0 Å². The molecule has 5 unspecified atom stereocenters. The van der Waals surface area contributed by atoms with Crippen molar-refractivity contribution in [3.8, 4) is 23.0 Å². The molecule has 13 nitrogen and oxygen atoms in total. The predicted octanol–water partition coefficient (Wildman–Crippen LogP) is -0.468. The molecule has 0 saturated carbocycles. The molecule has 2 saturated heterocycles. The lowest BCUT2D eigenvalue weighted by molar-refractivity contribution is -0.302. The van der Waals surface area contributed by atoms with Crippen molar-refractivity contribution in [2.24, 2.45) is 0 Å². The molecule has 0 radical (unpaired) electrons. The van der Waals surface area contributed by atoms with Crippen LogP contribution in [0.2, 0.25) is 0 Å². The van der Waals surface area contributed by atoms with E-state index in [1.807, 2.05) is 0 Å². The van der Waals surface area contributed by atoms with Gasteiger partial charge in [-0.3, -0.25) is 4.79 Å². The van der Waals surface area contributed by atoms with Crippen molar-refractivity contribution in [1.82, 2.24) is 0 Å². The van der Waals surface area contributed by atoms with Crippen molar-refractivity contribution in [3.05, 3.63) is 0 Å². The molecule has 1 aromatic carbocycles. The Morgan fingerprint density at radius 1 is 1.23 bits per heavy atom. The third-order valence-corrected chi connectivity index (χ3v) is 5.87. The smallest absolute Gasteiger partial charge is 0.332 e. The third kappa shape index (κ3) is 5.20. The lowest BCUT2D eigenvalue weighted by Crippen LogP contribution is -2.63. The zero-order valence-corrected chi connectivity index (χ0v) is 19.9. The number of hydrogen-bond donors (Lipinski definition) is 5. The number of likely N-dealkylation sites (N-methyl/N-ethyl adjacent to an activating group) is 1. The van der Waals surface area contributed by atoms with Gasteiger partial charge in [0.1, 0.15) is 17.5 Å². The molecule has 196 valence electrons. The maximum atomic E-state index is 12.5. The SMILES string of the molecule is CNc1c(O)c(N(C)CC(O)COCCOCC2CO2)c(O)c2c1OC1(O)C(=O)CC(C)OC1O2. The van der Waals surface area contributed by atoms with Crippen LogP contribution in [0.3, 0.4) is 0 Å². The predicted molar refractivity (Wildman–Crippen MR) is 120 cm³/mol. The highest BCUT2D eigenvalue weighted by Crippen LogP contribution is 2.58. The number of epoxide rings is 1. The molecule has 0 bridgehead atoms. The minimum Gasteiger partial charge on any atom is -0.504 e. The molecule has 5 atom stereocenters. The number of aromatic hydroxyl groups is 2. The number of nitrogens with zero attached hydrogens (tertiary/aromatic N) is 1. The van der Waals surface area contributed by atoms with Crippen LogP contribution in [0, 0.1) is 0 Å². The van der Waals surface area contributed by atoms with Crippen molar-refractivity contribution in [1.29, 1.82) is 0 Å². The van der Waals surface area contributed by atoms with Gasteiger partial charge in [0.2, 0.25) is 11.5 Å². The van der Waals surface area contributed by atoms with E-state index in [0.29, 0.717) is 26.4 Å². The number of aliphatic hydroxyl groups excluding tert-OH is 1. The average molecular weight is 501 g/mol. The highest BCUT2D eigenvalue weighted by Gasteiger charge is 2.58. The van der Waals surface area contributed by atoms with E-state index < -0.39 is 41.6 Å². The van der Waals surface area contributed by atoms with Crippen LogP contribution in [0.5, 0.6) is 23.0 Å². The normalized spacial score (nSPS) is 27.8. The number of Topliss-reactive ketones (excluding diaryl/α,β-unsaturated/α-hetero) is 1. The van der Waals surface area contributed by atoms with Crippen LogP contribution in [0.4, 0.5) is 11.4 Å². The lowest BCUT2D eigenvalue weighted by atomic mass is 10.00. The summed E-state index contributed by atoms with van der Waals surface area (Å²) < 4.78 is 32.6. The molecular formula is C22H32N2O11. The Morgan fingerprint density at radius 2 is 1.94 bits per heavy atom. The summed E-state index contributed by atoms with van der Waals surface area (Å²) in [4.78, 5) is 13.9. The zero-order valence-electron chi connectivity index (χ0n) is 19.9. The first-order valence-corrected chi connectivity index (χ1v) is 11.4. The molecule has 0 spiro atoms. The maximum absolute atomic E-state index is 12.5. The minimum atomic E-state index is -2.43. The van der Waals surface area contributed by atoms with Gasteiger partial charge in [-0.15, -0.1) is 0 Å². The molecule has 13 heteroatoms. The second-order valence-electron chi connectivity index (χ2n) is 8.79. The van der Waals surface area contributed by atoms with E-state index in [-0.39, 0.29) is 48.6 Å². The summed E-state index contributed by atoms with van der Waals surface area (Å²) in [6.45, 7) is 3.52. The van der Waals surface area contributed by atoms with E-state index in [1.165, 1.54) is 11.9 Å². The molecule has 35 heavy (non-hydrogen) atoms. The summed E-state index contributed by atoms with van der Waals surface area (Å²) in [5.74, 6) is -4.50. The van der Waals surface area contributed by atoms with E-state index in [9.17, 15) is 25.2 Å². The van der Waals surface area contributed by atoms with Gasteiger partial charge < -0.3 is 59.1 Å². The molecular weight excluding hydrogens is 468 g/mol. The van der Waals surface area contributed by atoms with Crippen molar-refractivity contribution in [3.63, 3.8) is 0 Å². The lowest BCUT2D eigenvalue weighted by Gasteiger charge is -2.43. The summed E-state index contributed by atoms with van der Waals surface area (Å²) in [7, 11) is 3.03.